The van der Waals surface area contributed by atoms with Crippen molar-refractivity contribution in [2.75, 3.05) is 0 Å². The van der Waals surface area contributed by atoms with Crippen LogP contribution in [0.5, 0.6) is 0 Å². The summed E-state index contributed by atoms with van der Waals surface area (Å²) in [6.45, 7) is 1.94. The van der Waals surface area contributed by atoms with E-state index in [0.717, 1.165) is 18.4 Å². The summed E-state index contributed by atoms with van der Waals surface area (Å²) in [4.78, 5) is 36.0. The lowest BCUT2D eigenvalue weighted by Crippen LogP contribution is -2.51. The topological polar surface area (TPSA) is 105 Å². The number of benzene rings is 2. The van der Waals surface area contributed by atoms with Crippen molar-refractivity contribution in [3.8, 4) is 0 Å². The molecule has 1 aliphatic carbocycles. The zero-order chi connectivity index (χ0) is 21.5. The van der Waals surface area contributed by atoms with E-state index < -0.39 is 30.4 Å². The van der Waals surface area contributed by atoms with Crippen molar-refractivity contribution in [3.63, 3.8) is 0 Å². The molecule has 7 heteroatoms. The number of hydrogen-bond acceptors (Lipinski definition) is 4. The molecule has 1 unspecified atom stereocenters. The van der Waals surface area contributed by atoms with Crippen molar-refractivity contribution in [3.05, 3.63) is 71.3 Å². The Morgan fingerprint density at radius 3 is 2.20 bits per heavy atom. The van der Waals surface area contributed by atoms with E-state index in [0.29, 0.717) is 0 Å². The van der Waals surface area contributed by atoms with E-state index >= 15 is 0 Å². The first kappa shape index (κ1) is 21.4. The Kier molecular flexibility index (Phi) is 7.06. The Hall–Kier alpha value is -3.35. The molecular formula is C23H26N2O5. The highest BCUT2D eigenvalue weighted by Gasteiger charge is 2.30. The summed E-state index contributed by atoms with van der Waals surface area (Å²) in [5.74, 6) is -1.49. The van der Waals surface area contributed by atoms with Gasteiger partial charge in [-0.1, -0.05) is 54.6 Å². The zero-order valence-electron chi connectivity index (χ0n) is 16.8. The Labute approximate surface area is 175 Å². The van der Waals surface area contributed by atoms with E-state index in [-0.39, 0.29) is 18.6 Å². The van der Waals surface area contributed by atoms with Gasteiger partial charge in [0.15, 0.2) is 0 Å². The molecule has 0 bridgehead atoms. The molecule has 0 spiro atoms. The number of rotatable bonds is 8. The van der Waals surface area contributed by atoms with Gasteiger partial charge in [-0.2, -0.15) is 0 Å². The van der Waals surface area contributed by atoms with Gasteiger partial charge in [-0.3, -0.25) is 9.59 Å². The lowest BCUT2D eigenvalue weighted by Gasteiger charge is -2.24. The number of carbonyl (C=O) groups excluding carboxylic acids is 2. The monoisotopic (exact) mass is 410 g/mol. The van der Waals surface area contributed by atoms with Crippen molar-refractivity contribution < 1.29 is 24.2 Å². The highest BCUT2D eigenvalue weighted by Crippen LogP contribution is 2.28. The van der Waals surface area contributed by atoms with Gasteiger partial charge in [0, 0.05) is 6.04 Å². The number of ether oxygens (including phenoxy) is 1. The van der Waals surface area contributed by atoms with Crippen LogP contribution in [-0.2, 0) is 33.8 Å². The fourth-order valence-corrected chi connectivity index (χ4v) is 3.68. The lowest BCUT2D eigenvalue weighted by atomic mass is 9.97. The van der Waals surface area contributed by atoms with E-state index in [1.54, 1.807) is 12.1 Å². The lowest BCUT2D eigenvalue weighted by molar-refractivity contribution is -0.140. The number of nitrogens with one attached hydrogen (secondary N) is 2. The van der Waals surface area contributed by atoms with Crippen molar-refractivity contribution in [1.29, 1.82) is 0 Å². The van der Waals surface area contributed by atoms with Gasteiger partial charge in [0.1, 0.15) is 12.6 Å². The highest BCUT2D eigenvalue weighted by atomic mass is 16.5. The first-order valence-corrected chi connectivity index (χ1v) is 9.98. The van der Waals surface area contributed by atoms with Gasteiger partial charge in [0.2, 0.25) is 5.91 Å². The third-order valence-corrected chi connectivity index (χ3v) is 5.36. The number of aliphatic carboxylic acids is 1. The average Bonchev–Trinajstić information content (AvgIpc) is 3.17. The van der Waals surface area contributed by atoms with Gasteiger partial charge in [0.25, 0.3) is 0 Å². The van der Waals surface area contributed by atoms with Crippen molar-refractivity contribution in [1.82, 2.24) is 10.6 Å². The molecule has 0 aromatic heterocycles. The van der Waals surface area contributed by atoms with E-state index in [9.17, 15) is 14.4 Å². The van der Waals surface area contributed by atoms with E-state index in [1.165, 1.54) is 11.1 Å². The summed E-state index contributed by atoms with van der Waals surface area (Å²) in [6, 6.07) is 15.9. The molecule has 7 nitrogen and oxygen atoms in total. The number of carboxylic acids is 1. The third-order valence-electron chi connectivity index (χ3n) is 5.36. The van der Waals surface area contributed by atoms with Crippen LogP contribution in [0, 0.1) is 5.92 Å². The quantitative estimate of drug-likeness (QED) is 0.621. The highest BCUT2D eigenvalue weighted by molar-refractivity contribution is 5.89. The smallest absolute Gasteiger partial charge is 0.408 e. The standard InChI is InChI=1S/C23H26N2O5/c1-15(19-11-17-9-5-6-10-18(17)12-19)24-22(28)20(13-21(26)27)25-23(29)30-14-16-7-3-2-4-8-16/h2-10,15,19-20H,11-14H2,1H3,(H,24,28)(H,25,29)(H,26,27)/t15?,20-/m0/s1. The van der Waals surface area contributed by atoms with Gasteiger partial charge in [0.05, 0.1) is 6.42 Å². The number of alkyl carbamates (subject to hydrolysis) is 1. The van der Waals surface area contributed by atoms with Crippen LogP contribution in [0.3, 0.4) is 0 Å². The summed E-state index contributed by atoms with van der Waals surface area (Å²) in [5, 5.41) is 14.4. The average molecular weight is 410 g/mol. The molecule has 2 atom stereocenters. The Bertz CT molecular complexity index is 874. The third kappa shape index (κ3) is 5.83. The largest absolute Gasteiger partial charge is 0.481 e. The van der Waals surface area contributed by atoms with Gasteiger partial charge < -0.3 is 20.5 Å². The number of hydrogen-bond donors (Lipinski definition) is 3. The molecule has 3 N–H and O–H groups in total. The van der Waals surface area contributed by atoms with Crippen molar-refractivity contribution >= 4 is 18.0 Å². The molecule has 0 saturated carbocycles. The molecule has 0 heterocycles. The van der Waals surface area contributed by atoms with Crippen LogP contribution >= 0.6 is 0 Å². The fraction of sp³-hybridized carbons (Fsp3) is 0.348. The minimum absolute atomic E-state index is 0.0326. The molecule has 0 fully saturated rings. The summed E-state index contributed by atoms with van der Waals surface area (Å²) in [6.07, 6.45) is 0.354. The predicted octanol–water partition coefficient (Wildman–Crippen LogP) is 2.68. The Morgan fingerprint density at radius 2 is 1.60 bits per heavy atom. The SMILES string of the molecule is CC(NC(=O)[C@H](CC(=O)O)NC(=O)OCc1ccccc1)C1Cc2ccccc2C1. The first-order chi connectivity index (χ1) is 14.4. The second-order valence-electron chi connectivity index (χ2n) is 7.59. The van der Waals surface area contributed by atoms with Crippen LogP contribution in [0.4, 0.5) is 4.79 Å². The normalized spacial score (nSPS) is 15.0. The molecule has 0 saturated heterocycles. The van der Waals surface area contributed by atoms with Gasteiger partial charge in [-0.05, 0) is 42.4 Å². The predicted molar refractivity (Wildman–Crippen MR) is 111 cm³/mol. The minimum atomic E-state index is -1.21. The maximum Gasteiger partial charge on any atom is 0.408 e. The molecule has 3 rings (SSSR count). The molecule has 30 heavy (non-hydrogen) atoms. The van der Waals surface area contributed by atoms with Crippen molar-refractivity contribution in [2.45, 2.75) is 44.9 Å². The molecule has 158 valence electrons. The Morgan fingerprint density at radius 1 is 1.00 bits per heavy atom. The maximum atomic E-state index is 12.7. The maximum absolute atomic E-state index is 12.7. The second kappa shape index (κ2) is 9.91. The molecule has 0 radical (unpaired) electrons. The zero-order valence-corrected chi connectivity index (χ0v) is 16.8. The van der Waals surface area contributed by atoms with Crippen molar-refractivity contribution in [2.24, 2.45) is 5.92 Å². The fourth-order valence-electron chi connectivity index (χ4n) is 3.68. The van der Waals surface area contributed by atoms with Gasteiger partial charge >= 0.3 is 12.1 Å². The van der Waals surface area contributed by atoms with Gasteiger partial charge in [-0.25, -0.2) is 4.79 Å². The number of carboxylic acid groups (broad SMARTS) is 1. The minimum Gasteiger partial charge on any atom is -0.481 e. The molecule has 2 aromatic carbocycles. The molecule has 1 aliphatic rings. The number of fused-ring (bicyclic) bond motifs is 1. The van der Waals surface area contributed by atoms with Crippen LogP contribution in [0.1, 0.15) is 30.0 Å². The Balaban J connectivity index is 1.54. The van der Waals surface area contributed by atoms with Crippen LogP contribution in [0.15, 0.2) is 54.6 Å². The van der Waals surface area contributed by atoms with Crippen LogP contribution in [-0.4, -0.2) is 35.2 Å². The summed E-state index contributed by atoms with van der Waals surface area (Å²) < 4.78 is 5.11. The summed E-state index contributed by atoms with van der Waals surface area (Å²) in [7, 11) is 0. The summed E-state index contributed by atoms with van der Waals surface area (Å²) >= 11 is 0. The van der Waals surface area contributed by atoms with Crippen LogP contribution in [0.2, 0.25) is 0 Å². The molecular weight excluding hydrogens is 384 g/mol. The van der Waals surface area contributed by atoms with E-state index in [2.05, 4.69) is 22.8 Å². The van der Waals surface area contributed by atoms with Gasteiger partial charge in [-0.15, -0.1) is 0 Å². The second-order valence-corrected chi connectivity index (χ2v) is 7.59. The van der Waals surface area contributed by atoms with E-state index in [4.69, 9.17) is 9.84 Å². The van der Waals surface area contributed by atoms with Crippen LogP contribution in [0.25, 0.3) is 0 Å². The number of amides is 2. The van der Waals surface area contributed by atoms with Crippen LogP contribution < -0.4 is 10.6 Å². The molecule has 0 aliphatic heterocycles. The first-order valence-electron chi connectivity index (χ1n) is 9.98. The molecule has 2 amide bonds. The summed E-state index contributed by atoms with van der Waals surface area (Å²) in [5.41, 5.74) is 3.34. The van der Waals surface area contributed by atoms with E-state index in [1.807, 2.05) is 37.3 Å². The number of carbonyl (C=O) groups is 3. The molecule has 2 aromatic rings.